The van der Waals surface area contributed by atoms with E-state index >= 15 is 0 Å². The average Bonchev–Trinajstić information content (AvgIpc) is 2.78. The van der Waals surface area contributed by atoms with Gasteiger partial charge >= 0.3 is 5.97 Å². The van der Waals surface area contributed by atoms with Gasteiger partial charge in [0.05, 0.1) is 11.6 Å². The molecule has 2 heterocycles. The van der Waals surface area contributed by atoms with Crippen molar-refractivity contribution in [2.75, 3.05) is 26.2 Å². The Hall–Kier alpha value is -1.24. The van der Waals surface area contributed by atoms with Gasteiger partial charge in [0, 0.05) is 19.6 Å². The first-order chi connectivity index (χ1) is 9.97. The predicted molar refractivity (Wildman–Crippen MR) is 79.9 cm³/mol. The molecular formula is C13H17Cl2N3O3. The number of hydrogen-bond acceptors (Lipinski definition) is 3. The standard InChI is InChI=1S/C13H17Cl2N3O3/c14-9-4-10(17-12(9)15)13(21)18-3-1-2-8(7-18)5-16-6-11(19)20/h4,8,16-17H,1-3,5-7H2,(H,19,20). The molecule has 0 bridgehead atoms. The molecule has 116 valence electrons. The molecule has 0 saturated carbocycles. The van der Waals surface area contributed by atoms with Crippen molar-refractivity contribution in [1.29, 1.82) is 0 Å². The Morgan fingerprint density at radius 3 is 2.86 bits per heavy atom. The Morgan fingerprint density at radius 1 is 1.48 bits per heavy atom. The van der Waals surface area contributed by atoms with Crippen LogP contribution in [0, 0.1) is 5.92 Å². The topological polar surface area (TPSA) is 85.4 Å². The minimum absolute atomic E-state index is 0.0632. The van der Waals surface area contributed by atoms with Gasteiger partial charge in [-0.25, -0.2) is 0 Å². The van der Waals surface area contributed by atoms with E-state index in [9.17, 15) is 9.59 Å². The Bertz CT molecular complexity index is 513. The van der Waals surface area contributed by atoms with Crippen molar-refractivity contribution in [3.63, 3.8) is 0 Å². The van der Waals surface area contributed by atoms with E-state index in [1.54, 1.807) is 4.90 Å². The van der Waals surface area contributed by atoms with Crippen LogP contribution >= 0.6 is 23.2 Å². The van der Waals surface area contributed by atoms with Crippen LogP contribution in [-0.4, -0.2) is 53.0 Å². The second-order valence-electron chi connectivity index (χ2n) is 5.13. The number of hydrogen-bond donors (Lipinski definition) is 3. The molecular weight excluding hydrogens is 317 g/mol. The summed E-state index contributed by atoms with van der Waals surface area (Å²) < 4.78 is 0. The van der Waals surface area contributed by atoms with E-state index in [1.807, 2.05) is 0 Å². The highest BCUT2D eigenvalue weighted by atomic mass is 35.5. The van der Waals surface area contributed by atoms with Gasteiger partial charge < -0.3 is 20.3 Å². The minimum Gasteiger partial charge on any atom is -0.480 e. The first kappa shape index (κ1) is 16.1. The van der Waals surface area contributed by atoms with Gasteiger partial charge in [0.1, 0.15) is 10.8 Å². The molecule has 1 amide bonds. The fraction of sp³-hybridized carbons (Fsp3) is 0.538. The van der Waals surface area contributed by atoms with Gasteiger partial charge in [0.15, 0.2) is 0 Å². The lowest BCUT2D eigenvalue weighted by molar-refractivity contribution is -0.136. The second-order valence-corrected chi connectivity index (χ2v) is 5.91. The number of amides is 1. The number of aliphatic carboxylic acids is 1. The molecule has 0 radical (unpaired) electrons. The van der Waals surface area contributed by atoms with Crippen molar-refractivity contribution in [2.45, 2.75) is 12.8 Å². The summed E-state index contributed by atoms with van der Waals surface area (Å²) in [5, 5.41) is 12.1. The third-order valence-corrected chi connectivity index (χ3v) is 4.16. The van der Waals surface area contributed by atoms with Crippen molar-refractivity contribution >= 4 is 35.1 Å². The zero-order chi connectivity index (χ0) is 15.4. The van der Waals surface area contributed by atoms with Crippen LogP contribution in [0.25, 0.3) is 0 Å². The van der Waals surface area contributed by atoms with E-state index in [0.29, 0.717) is 30.4 Å². The molecule has 1 aliphatic rings. The molecule has 1 fully saturated rings. The highest BCUT2D eigenvalue weighted by Crippen LogP contribution is 2.24. The summed E-state index contributed by atoms with van der Waals surface area (Å²) in [6.45, 7) is 1.80. The van der Waals surface area contributed by atoms with Crippen molar-refractivity contribution in [3.8, 4) is 0 Å². The number of aromatic amines is 1. The van der Waals surface area contributed by atoms with Crippen LogP contribution in [0.4, 0.5) is 0 Å². The first-order valence-corrected chi connectivity index (χ1v) is 7.48. The van der Waals surface area contributed by atoms with E-state index in [0.717, 1.165) is 12.8 Å². The summed E-state index contributed by atoms with van der Waals surface area (Å²) in [5.41, 5.74) is 0.379. The van der Waals surface area contributed by atoms with E-state index in [4.69, 9.17) is 28.3 Å². The molecule has 8 heteroatoms. The molecule has 2 rings (SSSR count). The normalized spacial score (nSPS) is 18.8. The molecule has 0 aromatic carbocycles. The molecule has 1 atom stereocenters. The molecule has 1 saturated heterocycles. The fourth-order valence-corrected chi connectivity index (χ4v) is 2.80. The first-order valence-electron chi connectivity index (χ1n) is 6.73. The lowest BCUT2D eigenvalue weighted by atomic mass is 9.97. The Balaban J connectivity index is 1.91. The molecule has 1 aromatic heterocycles. The number of aromatic nitrogens is 1. The van der Waals surface area contributed by atoms with Crippen molar-refractivity contribution in [2.24, 2.45) is 5.92 Å². The molecule has 1 aromatic rings. The largest absolute Gasteiger partial charge is 0.480 e. The van der Waals surface area contributed by atoms with Gasteiger partial charge in [-0.3, -0.25) is 9.59 Å². The second kappa shape index (κ2) is 7.15. The lowest BCUT2D eigenvalue weighted by Gasteiger charge is -2.32. The third kappa shape index (κ3) is 4.36. The highest BCUT2D eigenvalue weighted by Gasteiger charge is 2.25. The van der Waals surface area contributed by atoms with Crippen LogP contribution in [0.5, 0.6) is 0 Å². The van der Waals surface area contributed by atoms with E-state index in [1.165, 1.54) is 6.07 Å². The molecule has 0 aliphatic carbocycles. The number of halogens is 2. The molecule has 0 spiro atoms. The number of carbonyl (C=O) groups excluding carboxylic acids is 1. The minimum atomic E-state index is -0.880. The number of nitrogens with one attached hydrogen (secondary N) is 2. The number of piperidine rings is 1. The van der Waals surface area contributed by atoms with Crippen LogP contribution in [-0.2, 0) is 4.79 Å². The number of carbonyl (C=O) groups is 2. The predicted octanol–water partition coefficient (Wildman–Crippen LogP) is 1.85. The number of likely N-dealkylation sites (tertiary alicyclic amines) is 1. The zero-order valence-electron chi connectivity index (χ0n) is 11.4. The van der Waals surface area contributed by atoms with Crippen LogP contribution in [0.1, 0.15) is 23.3 Å². The maximum atomic E-state index is 12.4. The van der Waals surface area contributed by atoms with Gasteiger partial charge in [0.25, 0.3) is 5.91 Å². The van der Waals surface area contributed by atoms with Crippen LogP contribution in [0.2, 0.25) is 10.2 Å². The maximum Gasteiger partial charge on any atom is 0.317 e. The summed E-state index contributed by atoms with van der Waals surface area (Å²) >= 11 is 11.7. The van der Waals surface area contributed by atoms with E-state index < -0.39 is 5.97 Å². The third-order valence-electron chi connectivity index (χ3n) is 3.47. The molecule has 6 nitrogen and oxygen atoms in total. The van der Waals surface area contributed by atoms with Gasteiger partial charge in [-0.15, -0.1) is 0 Å². The summed E-state index contributed by atoms with van der Waals surface area (Å²) in [6, 6.07) is 1.53. The number of carboxylic acid groups (broad SMARTS) is 1. The lowest BCUT2D eigenvalue weighted by Crippen LogP contribution is -2.43. The average molecular weight is 334 g/mol. The summed E-state index contributed by atoms with van der Waals surface area (Å²) in [6.07, 6.45) is 1.87. The van der Waals surface area contributed by atoms with Gasteiger partial charge in [0.2, 0.25) is 0 Å². The fourth-order valence-electron chi connectivity index (χ4n) is 2.49. The van der Waals surface area contributed by atoms with Crippen LogP contribution in [0.3, 0.4) is 0 Å². The highest BCUT2D eigenvalue weighted by molar-refractivity contribution is 6.41. The molecule has 21 heavy (non-hydrogen) atoms. The van der Waals surface area contributed by atoms with Gasteiger partial charge in [-0.05, 0) is 24.8 Å². The summed E-state index contributed by atoms with van der Waals surface area (Å²) in [5.74, 6) is -0.760. The number of rotatable bonds is 5. The number of nitrogens with zero attached hydrogens (tertiary/aromatic N) is 1. The van der Waals surface area contributed by atoms with Crippen molar-refractivity contribution in [1.82, 2.24) is 15.2 Å². The Kier molecular flexibility index (Phi) is 5.50. The molecule has 3 N–H and O–H groups in total. The van der Waals surface area contributed by atoms with E-state index in [2.05, 4.69) is 10.3 Å². The van der Waals surface area contributed by atoms with E-state index in [-0.39, 0.29) is 23.5 Å². The molecule has 1 unspecified atom stereocenters. The Labute approximate surface area is 132 Å². The van der Waals surface area contributed by atoms with Crippen molar-refractivity contribution in [3.05, 3.63) is 21.9 Å². The SMILES string of the molecule is O=C(O)CNCC1CCCN(C(=O)c2cc(Cl)c(Cl)[nH]2)C1. The Morgan fingerprint density at radius 2 is 2.24 bits per heavy atom. The number of carboxylic acids is 1. The molecule has 1 aliphatic heterocycles. The van der Waals surface area contributed by atoms with Crippen LogP contribution < -0.4 is 5.32 Å². The summed E-state index contributed by atoms with van der Waals surface area (Å²) in [7, 11) is 0. The van der Waals surface area contributed by atoms with Crippen LogP contribution in [0.15, 0.2) is 6.07 Å². The van der Waals surface area contributed by atoms with Gasteiger partial charge in [-0.1, -0.05) is 23.2 Å². The quantitative estimate of drug-likeness (QED) is 0.767. The maximum absolute atomic E-state index is 12.4. The van der Waals surface area contributed by atoms with Crippen molar-refractivity contribution < 1.29 is 14.7 Å². The number of H-pyrrole nitrogens is 1. The zero-order valence-corrected chi connectivity index (χ0v) is 12.9. The smallest absolute Gasteiger partial charge is 0.317 e. The summed E-state index contributed by atoms with van der Waals surface area (Å²) in [4.78, 5) is 27.3. The monoisotopic (exact) mass is 333 g/mol. The van der Waals surface area contributed by atoms with Gasteiger partial charge in [-0.2, -0.15) is 0 Å².